The summed E-state index contributed by atoms with van der Waals surface area (Å²) in [6.07, 6.45) is 0.496. The first-order valence-corrected chi connectivity index (χ1v) is 10.1. The predicted molar refractivity (Wildman–Crippen MR) is 95.7 cm³/mol. The van der Waals surface area contributed by atoms with Crippen LogP contribution in [0.25, 0.3) is 0 Å². The summed E-state index contributed by atoms with van der Waals surface area (Å²) in [5, 5.41) is 2.82. The van der Waals surface area contributed by atoms with Gasteiger partial charge in [-0.25, -0.2) is 8.42 Å². The minimum atomic E-state index is -2.99. The number of nitrogens with one attached hydrogen (secondary N) is 1. The topological polar surface area (TPSA) is 84.9 Å². The third-order valence-corrected chi connectivity index (χ3v) is 6.03. The highest BCUT2D eigenvalue weighted by Crippen LogP contribution is 2.28. The van der Waals surface area contributed by atoms with Crippen molar-refractivity contribution in [3.63, 3.8) is 0 Å². The lowest BCUT2D eigenvalue weighted by molar-refractivity contribution is -0.122. The number of benzene rings is 1. The van der Waals surface area contributed by atoms with Gasteiger partial charge in [0.1, 0.15) is 0 Å². The van der Waals surface area contributed by atoms with E-state index < -0.39 is 9.84 Å². The van der Waals surface area contributed by atoms with Gasteiger partial charge >= 0.3 is 0 Å². The van der Waals surface area contributed by atoms with Crippen LogP contribution in [0.2, 0.25) is 0 Å². The lowest BCUT2D eigenvalue weighted by Crippen LogP contribution is -2.42. The molecule has 1 aliphatic heterocycles. The summed E-state index contributed by atoms with van der Waals surface area (Å²) in [5.41, 5.74) is 1.01. The molecule has 140 valence electrons. The first kappa shape index (κ1) is 19.5. The molecule has 1 saturated heterocycles. The molecule has 1 fully saturated rings. The van der Waals surface area contributed by atoms with Gasteiger partial charge in [0.2, 0.25) is 5.91 Å². The molecule has 0 saturated carbocycles. The Morgan fingerprint density at radius 1 is 1.28 bits per heavy atom. The molecule has 25 heavy (non-hydrogen) atoms. The van der Waals surface area contributed by atoms with Crippen LogP contribution in [0.3, 0.4) is 0 Å². The molecule has 8 heteroatoms. The molecule has 0 radical (unpaired) electrons. The number of methoxy groups -OCH3 is 2. The van der Waals surface area contributed by atoms with Crippen LogP contribution in [0.5, 0.6) is 11.5 Å². The number of ether oxygens (including phenoxy) is 2. The predicted octanol–water partition coefficient (Wildman–Crippen LogP) is 0.829. The molecule has 0 bridgehead atoms. The molecule has 0 unspecified atom stereocenters. The molecule has 0 aromatic heterocycles. The zero-order valence-electron chi connectivity index (χ0n) is 14.9. The fraction of sp³-hybridized carbons (Fsp3) is 0.588. The molecule has 1 N–H and O–H groups in total. The summed E-state index contributed by atoms with van der Waals surface area (Å²) in [4.78, 5) is 14.2. The van der Waals surface area contributed by atoms with Gasteiger partial charge in [-0.2, -0.15) is 0 Å². The van der Waals surface area contributed by atoms with Crippen molar-refractivity contribution >= 4 is 15.7 Å². The molecular weight excluding hydrogens is 344 g/mol. The zero-order valence-corrected chi connectivity index (χ0v) is 15.8. The van der Waals surface area contributed by atoms with E-state index in [-0.39, 0.29) is 30.0 Å². The second-order valence-electron chi connectivity index (χ2n) is 6.16. The molecule has 0 spiro atoms. The van der Waals surface area contributed by atoms with Crippen LogP contribution in [0, 0.1) is 0 Å². The zero-order chi connectivity index (χ0) is 18.4. The van der Waals surface area contributed by atoms with Crippen LogP contribution in [-0.2, 0) is 21.2 Å². The van der Waals surface area contributed by atoms with Crippen molar-refractivity contribution in [2.24, 2.45) is 0 Å². The SMILES string of the molecule is CCN(CC(=O)N[C@@H]1CCS(=O)(=O)C1)Cc1ccc(OC)c(OC)c1. The highest BCUT2D eigenvalue weighted by atomic mass is 32.2. The monoisotopic (exact) mass is 370 g/mol. The second kappa shape index (κ2) is 8.53. The van der Waals surface area contributed by atoms with Crippen LogP contribution in [0.4, 0.5) is 0 Å². The van der Waals surface area contributed by atoms with Crippen molar-refractivity contribution in [1.29, 1.82) is 0 Å². The number of nitrogens with zero attached hydrogens (tertiary/aromatic N) is 1. The average Bonchev–Trinajstić information content (AvgIpc) is 2.92. The van der Waals surface area contributed by atoms with E-state index in [1.54, 1.807) is 14.2 Å². The van der Waals surface area contributed by atoms with Gasteiger partial charge in [0.05, 0.1) is 32.3 Å². The summed E-state index contributed by atoms with van der Waals surface area (Å²) >= 11 is 0. The van der Waals surface area contributed by atoms with Crippen molar-refractivity contribution in [2.45, 2.75) is 25.9 Å². The van der Waals surface area contributed by atoms with Gasteiger partial charge in [0.15, 0.2) is 21.3 Å². The standard InChI is InChI=1S/C17H26N2O5S/c1-4-19(10-13-5-6-15(23-2)16(9-13)24-3)11-17(20)18-14-7-8-25(21,22)12-14/h5-6,9,14H,4,7-8,10-12H2,1-3H3,(H,18,20)/t14-/m1/s1. The average molecular weight is 370 g/mol. The van der Waals surface area contributed by atoms with Crippen LogP contribution >= 0.6 is 0 Å². The van der Waals surface area contributed by atoms with Gasteiger partial charge in [-0.05, 0) is 30.7 Å². The number of sulfone groups is 1. The molecule has 1 heterocycles. The van der Waals surface area contributed by atoms with Crippen LogP contribution in [0.15, 0.2) is 18.2 Å². The number of carbonyl (C=O) groups is 1. The molecule has 1 aliphatic rings. The first-order chi connectivity index (χ1) is 11.9. The van der Waals surface area contributed by atoms with Gasteiger partial charge in [-0.1, -0.05) is 13.0 Å². The fourth-order valence-corrected chi connectivity index (χ4v) is 4.58. The third-order valence-electron chi connectivity index (χ3n) is 4.27. The van der Waals surface area contributed by atoms with Crippen molar-refractivity contribution in [3.8, 4) is 11.5 Å². The quantitative estimate of drug-likeness (QED) is 0.730. The number of hydrogen-bond acceptors (Lipinski definition) is 6. The van der Waals surface area contributed by atoms with E-state index in [1.807, 2.05) is 30.0 Å². The summed E-state index contributed by atoms with van der Waals surface area (Å²) in [7, 11) is 0.180. The number of rotatable bonds is 8. The van der Waals surface area contributed by atoms with Gasteiger partial charge in [-0.3, -0.25) is 9.69 Å². The molecule has 1 aromatic carbocycles. The molecule has 2 rings (SSSR count). The van der Waals surface area contributed by atoms with Crippen LogP contribution in [0.1, 0.15) is 18.9 Å². The highest BCUT2D eigenvalue weighted by Gasteiger charge is 2.29. The van der Waals surface area contributed by atoms with Gasteiger partial charge in [0.25, 0.3) is 0 Å². The minimum absolute atomic E-state index is 0.0422. The van der Waals surface area contributed by atoms with Gasteiger partial charge in [0, 0.05) is 12.6 Å². The Bertz CT molecular complexity index is 705. The van der Waals surface area contributed by atoms with E-state index in [0.29, 0.717) is 31.0 Å². The largest absolute Gasteiger partial charge is 0.493 e. The van der Waals surface area contributed by atoms with E-state index in [2.05, 4.69) is 5.32 Å². The summed E-state index contributed by atoms with van der Waals surface area (Å²) in [5.74, 6) is 1.36. The lowest BCUT2D eigenvalue weighted by atomic mass is 10.2. The number of hydrogen-bond donors (Lipinski definition) is 1. The molecule has 7 nitrogen and oxygen atoms in total. The summed E-state index contributed by atoms with van der Waals surface area (Å²) in [6.45, 7) is 3.49. The van der Waals surface area contributed by atoms with E-state index in [1.165, 1.54) is 0 Å². The molecular formula is C17H26N2O5S. The summed E-state index contributed by atoms with van der Waals surface area (Å²) in [6, 6.07) is 5.40. The Balaban J connectivity index is 1.92. The Morgan fingerprint density at radius 2 is 2.00 bits per heavy atom. The first-order valence-electron chi connectivity index (χ1n) is 8.30. The van der Waals surface area contributed by atoms with E-state index in [4.69, 9.17) is 9.47 Å². The molecule has 1 atom stereocenters. The Labute approximate surface area is 149 Å². The summed E-state index contributed by atoms with van der Waals surface area (Å²) < 4.78 is 33.5. The normalized spacial score (nSPS) is 19.0. The maximum Gasteiger partial charge on any atom is 0.234 e. The Kier molecular flexibility index (Phi) is 6.66. The fourth-order valence-electron chi connectivity index (χ4n) is 2.90. The van der Waals surface area contributed by atoms with E-state index in [0.717, 1.165) is 5.56 Å². The third kappa shape index (κ3) is 5.61. The number of amides is 1. The smallest absolute Gasteiger partial charge is 0.234 e. The Hall–Kier alpha value is -1.80. The van der Waals surface area contributed by atoms with Crippen molar-refractivity contribution in [1.82, 2.24) is 10.2 Å². The van der Waals surface area contributed by atoms with E-state index in [9.17, 15) is 13.2 Å². The number of carbonyl (C=O) groups excluding carboxylic acids is 1. The number of likely N-dealkylation sites (N-methyl/N-ethyl adjacent to an activating group) is 1. The van der Waals surface area contributed by atoms with Crippen LogP contribution in [-0.4, -0.2) is 64.1 Å². The highest BCUT2D eigenvalue weighted by molar-refractivity contribution is 7.91. The van der Waals surface area contributed by atoms with Crippen molar-refractivity contribution in [3.05, 3.63) is 23.8 Å². The second-order valence-corrected chi connectivity index (χ2v) is 8.39. The molecule has 1 aromatic rings. The molecule has 0 aliphatic carbocycles. The van der Waals surface area contributed by atoms with Crippen LogP contribution < -0.4 is 14.8 Å². The maximum atomic E-state index is 12.2. The van der Waals surface area contributed by atoms with Crippen molar-refractivity contribution in [2.75, 3.05) is 38.8 Å². The lowest BCUT2D eigenvalue weighted by Gasteiger charge is -2.21. The maximum absolute atomic E-state index is 12.2. The van der Waals surface area contributed by atoms with E-state index >= 15 is 0 Å². The molecule has 1 amide bonds. The van der Waals surface area contributed by atoms with Gasteiger partial charge in [-0.15, -0.1) is 0 Å². The Morgan fingerprint density at radius 3 is 2.56 bits per heavy atom. The van der Waals surface area contributed by atoms with Crippen molar-refractivity contribution < 1.29 is 22.7 Å². The van der Waals surface area contributed by atoms with Gasteiger partial charge < -0.3 is 14.8 Å². The minimum Gasteiger partial charge on any atom is -0.493 e.